The van der Waals surface area contributed by atoms with Crippen molar-refractivity contribution in [2.45, 2.75) is 45.1 Å². The third-order valence-corrected chi connectivity index (χ3v) is 5.60. The first-order valence-corrected chi connectivity index (χ1v) is 9.80. The number of allylic oxidation sites excluding steroid dienone is 1. The smallest absolute Gasteiger partial charge is 0.303 e. The molecule has 0 aromatic heterocycles. The molecular weight excluding hydrogens is 386 g/mol. The molecule has 1 heterocycles. The number of nitrogens with zero attached hydrogens (tertiary/aromatic N) is 1. The zero-order chi connectivity index (χ0) is 20.4. The Balaban J connectivity index is 1.83. The Morgan fingerprint density at radius 3 is 2.46 bits per heavy atom. The second kappa shape index (κ2) is 8.43. The molecule has 1 saturated carbocycles. The summed E-state index contributed by atoms with van der Waals surface area (Å²) in [5, 5.41) is 9.07. The Morgan fingerprint density at radius 2 is 1.96 bits per heavy atom. The van der Waals surface area contributed by atoms with Crippen molar-refractivity contribution >= 4 is 34.5 Å². The number of carboxylic acid groups (broad SMARTS) is 1. The van der Waals surface area contributed by atoms with Crippen molar-refractivity contribution < 1.29 is 23.4 Å². The Morgan fingerprint density at radius 1 is 1.32 bits per heavy atom. The maximum atomic E-state index is 14.8. The SMILES string of the molecule is CC(N)=C(C(=S)OC1CCC1)c1cc(F)c(N2CCC(CC(=O)O)C2)c(F)c1. The van der Waals surface area contributed by atoms with E-state index in [0.29, 0.717) is 30.8 Å². The lowest BCUT2D eigenvalue weighted by Gasteiger charge is -2.28. The second-order valence-electron chi connectivity index (χ2n) is 7.50. The first-order valence-electron chi connectivity index (χ1n) is 9.39. The van der Waals surface area contributed by atoms with E-state index in [4.69, 9.17) is 27.8 Å². The van der Waals surface area contributed by atoms with Gasteiger partial charge in [0.15, 0.2) is 5.05 Å². The van der Waals surface area contributed by atoms with Gasteiger partial charge in [-0.3, -0.25) is 4.79 Å². The van der Waals surface area contributed by atoms with Gasteiger partial charge in [-0.25, -0.2) is 8.78 Å². The lowest BCUT2D eigenvalue weighted by atomic mass is 9.96. The molecule has 3 N–H and O–H groups in total. The number of benzene rings is 1. The number of thiocarbonyl (C=S) groups is 1. The molecule has 3 rings (SSSR count). The van der Waals surface area contributed by atoms with Crippen molar-refractivity contribution in [2.75, 3.05) is 18.0 Å². The van der Waals surface area contributed by atoms with Gasteiger partial charge in [0.1, 0.15) is 17.3 Å². The third kappa shape index (κ3) is 4.43. The second-order valence-corrected chi connectivity index (χ2v) is 7.87. The fourth-order valence-corrected chi connectivity index (χ4v) is 4.08. The average molecular weight is 410 g/mol. The number of anilines is 1. The molecule has 2 aliphatic rings. The Labute approximate surface area is 168 Å². The highest BCUT2D eigenvalue weighted by Crippen LogP contribution is 2.34. The van der Waals surface area contributed by atoms with Crippen LogP contribution in [0.2, 0.25) is 0 Å². The zero-order valence-electron chi connectivity index (χ0n) is 15.7. The summed E-state index contributed by atoms with van der Waals surface area (Å²) in [7, 11) is 0. The van der Waals surface area contributed by atoms with Crippen LogP contribution in [0, 0.1) is 17.6 Å². The van der Waals surface area contributed by atoms with Crippen LogP contribution in [-0.4, -0.2) is 35.3 Å². The van der Waals surface area contributed by atoms with Crippen LogP contribution in [0.25, 0.3) is 5.57 Å². The molecule has 1 aromatic carbocycles. The van der Waals surface area contributed by atoms with Gasteiger partial charge in [0.25, 0.3) is 0 Å². The van der Waals surface area contributed by atoms with Crippen LogP contribution in [0.1, 0.15) is 44.6 Å². The van der Waals surface area contributed by atoms with Crippen LogP contribution in [0.4, 0.5) is 14.5 Å². The topological polar surface area (TPSA) is 75.8 Å². The minimum Gasteiger partial charge on any atom is -0.481 e. The molecule has 1 aliphatic carbocycles. The number of halogens is 2. The number of nitrogens with two attached hydrogens (primary N) is 1. The molecule has 8 heteroatoms. The fourth-order valence-electron chi connectivity index (χ4n) is 3.67. The van der Waals surface area contributed by atoms with Gasteiger partial charge < -0.3 is 20.5 Å². The van der Waals surface area contributed by atoms with Gasteiger partial charge in [0, 0.05) is 25.2 Å². The molecule has 2 fully saturated rings. The third-order valence-electron chi connectivity index (χ3n) is 5.30. The van der Waals surface area contributed by atoms with E-state index in [2.05, 4.69) is 0 Å². The summed E-state index contributed by atoms with van der Waals surface area (Å²) in [5.74, 6) is -2.48. The molecule has 0 bridgehead atoms. The number of hydrogen-bond acceptors (Lipinski definition) is 5. The van der Waals surface area contributed by atoms with E-state index >= 15 is 0 Å². The lowest BCUT2D eigenvalue weighted by molar-refractivity contribution is -0.137. The summed E-state index contributed by atoms with van der Waals surface area (Å²) >= 11 is 5.32. The molecule has 1 saturated heterocycles. The van der Waals surface area contributed by atoms with E-state index in [1.54, 1.807) is 11.8 Å². The van der Waals surface area contributed by atoms with Crippen molar-refractivity contribution in [3.05, 3.63) is 35.0 Å². The van der Waals surface area contributed by atoms with Crippen LogP contribution in [-0.2, 0) is 9.53 Å². The maximum absolute atomic E-state index is 14.8. The summed E-state index contributed by atoms with van der Waals surface area (Å²) in [4.78, 5) is 12.4. The number of rotatable bonds is 6. The number of carboxylic acids is 1. The van der Waals surface area contributed by atoms with Crippen molar-refractivity contribution in [3.63, 3.8) is 0 Å². The lowest BCUT2D eigenvalue weighted by Crippen LogP contribution is -2.26. The van der Waals surface area contributed by atoms with E-state index in [0.717, 1.165) is 19.3 Å². The monoisotopic (exact) mass is 410 g/mol. The average Bonchev–Trinajstić information content (AvgIpc) is 2.97. The summed E-state index contributed by atoms with van der Waals surface area (Å²) < 4.78 is 35.4. The molecule has 0 radical (unpaired) electrons. The zero-order valence-corrected chi connectivity index (χ0v) is 16.5. The molecule has 5 nitrogen and oxygen atoms in total. The Bertz CT molecular complexity index is 797. The molecule has 0 spiro atoms. The fraction of sp³-hybridized carbons (Fsp3) is 0.500. The number of ether oxygens (including phenoxy) is 1. The molecule has 1 atom stereocenters. The normalized spacial score (nSPS) is 20.5. The van der Waals surface area contributed by atoms with Gasteiger partial charge in [-0.05, 0) is 68.4 Å². The highest BCUT2D eigenvalue weighted by atomic mass is 32.1. The summed E-state index contributed by atoms with van der Waals surface area (Å²) in [6, 6.07) is 2.43. The highest BCUT2D eigenvalue weighted by Gasteiger charge is 2.29. The minimum atomic E-state index is -0.906. The van der Waals surface area contributed by atoms with Gasteiger partial charge in [-0.15, -0.1) is 0 Å². The Kier molecular flexibility index (Phi) is 6.17. The van der Waals surface area contributed by atoms with Crippen LogP contribution in [0.5, 0.6) is 0 Å². The summed E-state index contributed by atoms with van der Waals surface area (Å²) in [5.41, 5.74) is 6.69. The standard InChI is InChI=1S/C20H24F2N2O3S/c1-11(23)18(20(28)27-14-3-2-4-14)13-8-15(21)19(16(22)9-13)24-6-5-12(10-24)7-17(25)26/h8-9,12,14H,2-7,10,23H2,1H3,(H,25,26). The van der Waals surface area contributed by atoms with Crippen LogP contribution in [0.15, 0.2) is 17.8 Å². The van der Waals surface area contributed by atoms with Gasteiger partial charge >= 0.3 is 5.97 Å². The van der Waals surface area contributed by atoms with Gasteiger partial charge in [0.2, 0.25) is 0 Å². The molecule has 152 valence electrons. The Hall–Kier alpha value is -2.22. The molecule has 28 heavy (non-hydrogen) atoms. The summed E-state index contributed by atoms with van der Waals surface area (Å²) in [6.07, 6.45) is 3.50. The molecule has 1 aromatic rings. The largest absolute Gasteiger partial charge is 0.481 e. The predicted octanol–water partition coefficient (Wildman–Crippen LogP) is 3.85. The molecule has 1 aliphatic heterocycles. The van der Waals surface area contributed by atoms with Gasteiger partial charge in [-0.1, -0.05) is 0 Å². The highest BCUT2D eigenvalue weighted by molar-refractivity contribution is 7.81. The summed E-state index contributed by atoms with van der Waals surface area (Å²) in [6.45, 7) is 2.33. The molecular formula is C20H24F2N2O3S. The maximum Gasteiger partial charge on any atom is 0.303 e. The van der Waals surface area contributed by atoms with Crippen LogP contribution in [0.3, 0.4) is 0 Å². The van der Waals surface area contributed by atoms with E-state index in [-0.39, 0.29) is 34.7 Å². The van der Waals surface area contributed by atoms with E-state index in [9.17, 15) is 13.6 Å². The van der Waals surface area contributed by atoms with Crippen LogP contribution >= 0.6 is 12.2 Å². The predicted molar refractivity (Wildman–Crippen MR) is 107 cm³/mol. The molecule has 1 unspecified atom stereocenters. The number of hydrogen-bond donors (Lipinski definition) is 2. The van der Waals surface area contributed by atoms with E-state index in [1.807, 2.05) is 0 Å². The van der Waals surface area contributed by atoms with Crippen molar-refractivity contribution in [1.29, 1.82) is 0 Å². The van der Waals surface area contributed by atoms with Crippen LogP contribution < -0.4 is 10.6 Å². The van der Waals surface area contributed by atoms with Crippen molar-refractivity contribution in [2.24, 2.45) is 11.7 Å². The van der Waals surface area contributed by atoms with Crippen molar-refractivity contribution in [1.82, 2.24) is 0 Å². The van der Waals surface area contributed by atoms with Gasteiger partial charge in [-0.2, -0.15) is 0 Å². The van der Waals surface area contributed by atoms with Gasteiger partial charge in [0.05, 0.1) is 11.7 Å². The molecule has 0 amide bonds. The van der Waals surface area contributed by atoms with E-state index in [1.165, 1.54) is 12.1 Å². The van der Waals surface area contributed by atoms with E-state index < -0.39 is 17.6 Å². The first kappa shape index (κ1) is 20.5. The van der Waals surface area contributed by atoms with Crippen molar-refractivity contribution in [3.8, 4) is 0 Å². The minimum absolute atomic E-state index is 0.0101. The number of aliphatic carboxylic acids is 1. The first-order chi connectivity index (χ1) is 13.3. The quantitative estimate of drug-likeness (QED) is 0.548. The number of carbonyl (C=O) groups is 1.